The van der Waals surface area contributed by atoms with E-state index in [9.17, 15) is 9.59 Å². The van der Waals surface area contributed by atoms with Crippen molar-refractivity contribution in [3.8, 4) is 0 Å². The van der Waals surface area contributed by atoms with Crippen LogP contribution >= 0.6 is 0 Å². The minimum atomic E-state index is -0.512. The van der Waals surface area contributed by atoms with E-state index in [1.807, 2.05) is 18.2 Å². The first-order valence-corrected chi connectivity index (χ1v) is 9.41. The van der Waals surface area contributed by atoms with Gasteiger partial charge in [-0.25, -0.2) is 0 Å². The Morgan fingerprint density at radius 3 is 2.81 bits per heavy atom. The Morgan fingerprint density at radius 2 is 2.11 bits per heavy atom. The average Bonchev–Trinajstić information content (AvgIpc) is 3.38. The summed E-state index contributed by atoms with van der Waals surface area (Å²) in [4.78, 5) is 28.8. The molecule has 1 aliphatic heterocycles. The largest absolute Gasteiger partial charge is 0.334 e. The number of likely N-dealkylation sites (N-methyl/N-ethyl adjacent to an activating group) is 1. The number of tetrazole rings is 1. The third-order valence-corrected chi connectivity index (χ3v) is 5.23. The quantitative estimate of drug-likeness (QED) is 0.801. The molecule has 0 spiro atoms. The number of aromatic amines is 1. The van der Waals surface area contributed by atoms with Crippen molar-refractivity contribution < 1.29 is 9.59 Å². The lowest BCUT2D eigenvalue weighted by Gasteiger charge is -2.30. The molecule has 2 amide bonds. The summed E-state index contributed by atoms with van der Waals surface area (Å²) in [5.41, 5.74) is 1.22. The lowest BCUT2D eigenvalue weighted by Crippen LogP contribution is -2.47. The highest BCUT2D eigenvalue weighted by atomic mass is 16.2. The van der Waals surface area contributed by atoms with Gasteiger partial charge in [0.1, 0.15) is 6.04 Å². The number of hydrogen-bond acceptors (Lipinski definition) is 5. The first-order chi connectivity index (χ1) is 13.1. The van der Waals surface area contributed by atoms with E-state index < -0.39 is 6.04 Å². The molecule has 1 N–H and O–H groups in total. The van der Waals surface area contributed by atoms with Crippen LogP contribution in [0.25, 0.3) is 0 Å². The molecule has 8 heteroatoms. The van der Waals surface area contributed by atoms with Gasteiger partial charge in [0.05, 0.1) is 6.04 Å². The number of carbonyl (C=O) groups excluding carboxylic acids is 2. The molecular formula is C19H26N6O2. The molecule has 27 heavy (non-hydrogen) atoms. The number of benzene rings is 1. The Kier molecular flexibility index (Phi) is 6.16. The van der Waals surface area contributed by atoms with Gasteiger partial charge in [-0.3, -0.25) is 9.59 Å². The van der Waals surface area contributed by atoms with Crippen LogP contribution in [-0.4, -0.2) is 61.9 Å². The van der Waals surface area contributed by atoms with Gasteiger partial charge in [-0.15, -0.1) is 10.2 Å². The number of carbonyl (C=O) groups is 2. The zero-order chi connectivity index (χ0) is 19.2. The van der Waals surface area contributed by atoms with E-state index in [1.165, 1.54) is 5.56 Å². The molecule has 1 aliphatic rings. The van der Waals surface area contributed by atoms with E-state index in [1.54, 1.807) is 23.8 Å². The van der Waals surface area contributed by atoms with Crippen molar-refractivity contribution in [3.63, 3.8) is 0 Å². The summed E-state index contributed by atoms with van der Waals surface area (Å²) in [7, 11) is 1.70. The fourth-order valence-electron chi connectivity index (χ4n) is 3.50. The summed E-state index contributed by atoms with van der Waals surface area (Å²) < 4.78 is 0. The Balaban J connectivity index is 1.53. The molecular weight excluding hydrogens is 344 g/mol. The first-order valence-electron chi connectivity index (χ1n) is 9.41. The number of nitrogens with one attached hydrogen (secondary N) is 1. The SMILES string of the molecule is C[C@@H](C(=O)N1CCC[C@H]1c1nn[nH]n1)N(C)C(=O)CCCc1ccccc1. The Morgan fingerprint density at radius 1 is 1.33 bits per heavy atom. The number of hydrogen-bond donors (Lipinski definition) is 1. The zero-order valence-electron chi connectivity index (χ0n) is 15.8. The van der Waals surface area contributed by atoms with E-state index in [2.05, 4.69) is 32.8 Å². The van der Waals surface area contributed by atoms with Crippen molar-refractivity contribution in [2.45, 2.75) is 51.1 Å². The smallest absolute Gasteiger partial charge is 0.245 e. The molecule has 1 saturated heterocycles. The third kappa shape index (κ3) is 4.50. The van der Waals surface area contributed by atoms with Crippen LogP contribution in [0.3, 0.4) is 0 Å². The highest BCUT2D eigenvalue weighted by Crippen LogP contribution is 2.30. The van der Waals surface area contributed by atoms with E-state index in [4.69, 9.17) is 0 Å². The topological polar surface area (TPSA) is 95.1 Å². The summed E-state index contributed by atoms with van der Waals surface area (Å²) in [6, 6.07) is 9.43. The summed E-state index contributed by atoms with van der Waals surface area (Å²) in [5, 5.41) is 14.1. The fraction of sp³-hybridized carbons (Fsp3) is 0.526. The summed E-state index contributed by atoms with van der Waals surface area (Å²) in [6.45, 7) is 2.43. The van der Waals surface area contributed by atoms with Gasteiger partial charge in [0.25, 0.3) is 0 Å². The molecule has 144 valence electrons. The van der Waals surface area contributed by atoms with Gasteiger partial charge in [-0.05, 0) is 38.2 Å². The standard InChI is InChI=1S/C19H26N6O2/c1-14(19(27)25-13-7-11-16(25)18-20-22-23-21-18)24(2)17(26)12-6-10-15-8-4-3-5-9-15/h3-5,8-9,14,16H,6-7,10-13H2,1-2H3,(H,20,21,22,23)/t14-,16-/m0/s1. The monoisotopic (exact) mass is 370 g/mol. The molecule has 2 atom stereocenters. The van der Waals surface area contributed by atoms with Crippen molar-refractivity contribution in [2.75, 3.05) is 13.6 Å². The lowest BCUT2D eigenvalue weighted by atomic mass is 10.1. The molecule has 2 aromatic rings. The predicted molar refractivity (Wildman–Crippen MR) is 99.5 cm³/mol. The fourth-order valence-corrected chi connectivity index (χ4v) is 3.50. The molecule has 3 rings (SSSR count). The number of H-pyrrole nitrogens is 1. The van der Waals surface area contributed by atoms with Gasteiger partial charge in [-0.1, -0.05) is 35.5 Å². The van der Waals surface area contributed by atoms with Crippen molar-refractivity contribution in [1.82, 2.24) is 30.4 Å². The maximum Gasteiger partial charge on any atom is 0.245 e. The van der Waals surface area contributed by atoms with Crippen LogP contribution in [0.4, 0.5) is 0 Å². The van der Waals surface area contributed by atoms with Crippen LogP contribution in [-0.2, 0) is 16.0 Å². The van der Waals surface area contributed by atoms with E-state index in [-0.39, 0.29) is 17.9 Å². The average molecular weight is 370 g/mol. The van der Waals surface area contributed by atoms with Crippen LogP contribution in [0.15, 0.2) is 30.3 Å². The number of aromatic nitrogens is 4. The molecule has 1 fully saturated rings. The lowest BCUT2D eigenvalue weighted by molar-refractivity contribution is -0.144. The predicted octanol–water partition coefficient (Wildman–Crippen LogP) is 1.73. The van der Waals surface area contributed by atoms with Crippen LogP contribution in [0.5, 0.6) is 0 Å². The number of rotatable bonds is 7. The molecule has 0 bridgehead atoms. The first kappa shape index (κ1) is 19.0. The molecule has 0 aliphatic carbocycles. The van der Waals surface area contributed by atoms with Crippen LogP contribution in [0.1, 0.15) is 50.0 Å². The van der Waals surface area contributed by atoms with E-state index >= 15 is 0 Å². The molecule has 1 aromatic heterocycles. The Bertz CT molecular complexity index is 749. The van der Waals surface area contributed by atoms with Crippen LogP contribution in [0.2, 0.25) is 0 Å². The van der Waals surface area contributed by atoms with Gasteiger partial charge in [0, 0.05) is 20.0 Å². The Labute approximate surface area is 158 Å². The van der Waals surface area contributed by atoms with E-state index in [0.717, 1.165) is 25.7 Å². The second-order valence-corrected chi connectivity index (χ2v) is 6.98. The molecule has 0 saturated carbocycles. The van der Waals surface area contributed by atoms with Crippen LogP contribution in [0, 0.1) is 0 Å². The second kappa shape index (κ2) is 8.75. The Hall–Kier alpha value is -2.77. The van der Waals surface area contributed by atoms with Gasteiger partial charge < -0.3 is 9.80 Å². The maximum absolute atomic E-state index is 12.9. The van der Waals surface area contributed by atoms with Crippen molar-refractivity contribution in [3.05, 3.63) is 41.7 Å². The minimum absolute atomic E-state index is 0.0120. The van der Waals surface area contributed by atoms with Gasteiger partial charge >= 0.3 is 0 Å². The highest BCUT2D eigenvalue weighted by Gasteiger charge is 2.36. The normalized spacial score (nSPS) is 17.7. The van der Waals surface area contributed by atoms with Crippen molar-refractivity contribution >= 4 is 11.8 Å². The van der Waals surface area contributed by atoms with Gasteiger partial charge in [-0.2, -0.15) is 5.21 Å². The second-order valence-electron chi connectivity index (χ2n) is 6.98. The summed E-state index contributed by atoms with van der Waals surface area (Å²) >= 11 is 0. The van der Waals surface area contributed by atoms with Crippen molar-refractivity contribution in [2.24, 2.45) is 0 Å². The summed E-state index contributed by atoms with van der Waals surface area (Å²) in [6.07, 6.45) is 3.76. The molecule has 0 unspecified atom stereocenters. The number of amides is 2. The molecule has 1 aromatic carbocycles. The third-order valence-electron chi connectivity index (χ3n) is 5.23. The summed E-state index contributed by atoms with van der Waals surface area (Å²) in [5.74, 6) is 0.452. The molecule has 0 radical (unpaired) electrons. The van der Waals surface area contributed by atoms with Gasteiger partial charge in [0.2, 0.25) is 11.8 Å². The van der Waals surface area contributed by atoms with E-state index in [0.29, 0.717) is 18.8 Å². The van der Waals surface area contributed by atoms with Crippen LogP contribution < -0.4 is 0 Å². The molecule has 8 nitrogen and oxygen atoms in total. The van der Waals surface area contributed by atoms with Gasteiger partial charge in [0.15, 0.2) is 5.82 Å². The highest BCUT2D eigenvalue weighted by molar-refractivity contribution is 5.87. The number of nitrogens with zero attached hydrogens (tertiary/aromatic N) is 5. The molecule has 2 heterocycles. The number of likely N-dealkylation sites (tertiary alicyclic amines) is 1. The zero-order valence-corrected chi connectivity index (χ0v) is 15.8. The number of aryl methyl sites for hydroxylation is 1. The van der Waals surface area contributed by atoms with Crippen molar-refractivity contribution in [1.29, 1.82) is 0 Å². The maximum atomic E-state index is 12.9. The minimum Gasteiger partial charge on any atom is -0.334 e.